The first-order valence-corrected chi connectivity index (χ1v) is 13.0. The summed E-state index contributed by atoms with van der Waals surface area (Å²) in [5, 5.41) is 1.85. The molecule has 0 bridgehead atoms. The van der Waals surface area contributed by atoms with Crippen molar-refractivity contribution in [1.29, 1.82) is 0 Å². The van der Waals surface area contributed by atoms with E-state index in [0.29, 0.717) is 12.4 Å². The summed E-state index contributed by atoms with van der Waals surface area (Å²) in [7, 11) is -4.06. The van der Waals surface area contributed by atoms with E-state index in [1.807, 2.05) is 36.4 Å². The molecule has 2 aromatic carbocycles. The highest BCUT2D eigenvalue weighted by Gasteiger charge is 2.31. The summed E-state index contributed by atoms with van der Waals surface area (Å²) in [5.41, 5.74) is 0.740. The molecule has 0 aliphatic carbocycles. The minimum atomic E-state index is -4.06. The molecule has 6 nitrogen and oxygen atoms in total. The number of ether oxygens (including phenoxy) is 1. The zero-order valence-corrected chi connectivity index (χ0v) is 19.2. The van der Waals surface area contributed by atoms with Crippen LogP contribution in [0, 0.1) is 5.82 Å². The largest absolute Gasteiger partial charge is 0.493 e. The summed E-state index contributed by atoms with van der Waals surface area (Å²) in [4.78, 5) is 5.83. The van der Waals surface area contributed by atoms with Crippen LogP contribution in [0.25, 0.3) is 0 Å². The molecule has 3 heterocycles. The summed E-state index contributed by atoms with van der Waals surface area (Å²) < 4.78 is 47.8. The Balaban J connectivity index is 0.000000382. The highest BCUT2D eigenvalue weighted by Crippen LogP contribution is 2.39. The quantitative estimate of drug-likeness (QED) is 0.550. The molecule has 0 spiro atoms. The lowest BCUT2D eigenvalue weighted by Crippen LogP contribution is -2.36. The first-order valence-electron chi connectivity index (χ1n) is 10.7. The number of likely N-dealkylation sites (tertiary alicyclic amines) is 1. The Morgan fingerprint density at radius 1 is 1.09 bits per heavy atom. The molecule has 172 valence electrons. The molecule has 1 saturated heterocycles. The van der Waals surface area contributed by atoms with Gasteiger partial charge in [0.1, 0.15) is 16.5 Å². The third kappa shape index (κ3) is 5.46. The molecule has 0 saturated carbocycles. The van der Waals surface area contributed by atoms with E-state index in [1.54, 1.807) is 5.38 Å². The van der Waals surface area contributed by atoms with Crippen LogP contribution >= 0.6 is 11.3 Å². The fourth-order valence-electron chi connectivity index (χ4n) is 4.02. The second-order valence-corrected chi connectivity index (χ2v) is 10.2. The SMILES string of the molecule is O=S(=O)(Nc1nccs1)c1cc2c(cc1F)[C@H](N1CCCCC1)CCO2.[HH].c1ccccc1. The Morgan fingerprint density at radius 3 is 2.41 bits per heavy atom. The van der Waals surface area contributed by atoms with Gasteiger partial charge < -0.3 is 4.74 Å². The number of hydrogen-bond donors (Lipinski definition) is 1. The molecule has 1 aromatic heterocycles. The van der Waals surface area contributed by atoms with Gasteiger partial charge in [0.15, 0.2) is 5.13 Å². The molecule has 1 atom stereocenters. The number of sulfonamides is 1. The van der Waals surface area contributed by atoms with Crippen molar-refractivity contribution in [2.75, 3.05) is 24.4 Å². The summed E-state index contributed by atoms with van der Waals surface area (Å²) in [5.74, 6) is -0.312. The van der Waals surface area contributed by atoms with Crippen molar-refractivity contribution >= 4 is 26.5 Å². The van der Waals surface area contributed by atoms with Crippen molar-refractivity contribution in [2.24, 2.45) is 0 Å². The van der Waals surface area contributed by atoms with Gasteiger partial charge >= 0.3 is 0 Å². The average Bonchev–Trinajstić information content (AvgIpc) is 3.33. The van der Waals surface area contributed by atoms with Crippen molar-refractivity contribution in [2.45, 2.75) is 36.6 Å². The van der Waals surface area contributed by atoms with Gasteiger partial charge in [0.05, 0.1) is 6.61 Å². The molecule has 9 heteroatoms. The fraction of sp³-hybridized carbons (Fsp3) is 0.348. The molecule has 2 aliphatic heterocycles. The van der Waals surface area contributed by atoms with Gasteiger partial charge in [-0.15, -0.1) is 11.3 Å². The van der Waals surface area contributed by atoms with E-state index in [2.05, 4.69) is 14.6 Å². The number of nitrogens with zero attached hydrogens (tertiary/aromatic N) is 2. The van der Waals surface area contributed by atoms with Gasteiger partial charge in [0, 0.05) is 37.1 Å². The smallest absolute Gasteiger partial charge is 0.266 e. The van der Waals surface area contributed by atoms with Crippen LogP contribution in [-0.2, 0) is 10.0 Å². The van der Waals surface area contributed by atoms with Gasteiger partial charge in [-0.3, -0.25) is 9.62 Å². The molecule has 1 N–H and O–H groups in total. The van der Waals surface area contributed by atoms with Crippen LogP contribution in [-0.4, -0.2) is 38.0 Å². The van der Waals surface area contributed by atoms with Crippen LogP contribution in [0.5, 0.6) is 5.75 Å². The first kappa shape index (κ1) is 22.7. The topological polar surface area (TPSA) is 71.5 Å². The van der Waals surface area contributed by atoms with Crippen molar-refractivity contribution < 1.29 is 19.0 Å². The Bertz CT molecular complexity index is 1080. The number of halogens is 1. The minimum absolute atomic E-state index is 0. The van der Waals surface area contributed by atoms with E-state index in [9.17, 15) is 12.8 Å². The number of rotatable bonds is 4. The Kier molecular flexibility index (Phi) is 7.39. The number of fused-ring (bicyclic) bond motifs is 1. The summed E-state index contributed by atoms with van der Waals surface area (Å²) >= 11 is 1.14. The monoisotopic (exact) mass is 477 g/mol. The Labute approximate surface area is 193 Å². The molecule has 0 amide bonds. The van der Waals surface area contributed by atoms with E-state index in [-0.39, 0.29) is 12.6 Å². The number of piperidine rings is 1. The molecule has 2 aliphatic rings. The number of anilines is 1. The lowest BCUT2D eigenvalue weighted by molar-refractivity contribution is 0.118. The van der Waals surface area contributed by atoms with Crippen LogP contribution < -0.4 is 9.46 Å². The van der Waals surface area contributed by atoms with Crippen molar-refractivity contribution in [3.63, 3.8) is 0 Å². The predicted molar refractivity (Wildman–Crippen MR) is 126 cm³/mol. The van der Waals surface area contributed by atoms with E-state index < -0.39 is 20.7 Å². The molecule has 1 fully saturated rings. The van der Waals surface area contributed by atoms with E-state index in [4.69, 9.17) is 4.74 Å². The Hall–Kier alpha value is -2.49. The molecular weight excluding hydrogens is 449 g/mol. The zero-order valence-electron chi connectivity index (χ0n) is 17.6. The van der Waals surface area contributed by atoms with Gasteiger partial charge in [-0.25, -0.2) is 17.8 Å². The number of nitrogens with one attached hydrogen (secondary N) is 1. The van der Waals surface area contributed by atoms with Crippen LogP contribution in [0.4, 0.5) is 9.52 Å². The molecule has 3 aromatic rings. The summed E-state index contributed by atoms with van der Waals surface area (Å²) in [6.07, 6.45) is 5.77. The predicted octanol–water partition coefficient (Wildman–Crippen LogP) is 5.33. The number of aromatic nitrogens is 1. The van der Waals surface area contributed by atoms with Crippen molar-refractivity contribution in [3.05, 3.63) is 71.5 Å². The highest BCUT2D eigenvalue weighted by molar-refractivity contribution is 7.93. The van der Waals surface area contributed by atoms with Crippen molar-refractivity contribution in [3.8, 4) is 5.75 Å². The van der Waals surface area contributed by atoms with Crippen LogP contribution in [0.2, 0.25) is 0 Å². The second kappa shape index (κ2) is 10.4. The average molecular weight is 478 g/mol. The molecule has 0 unspecified atom stereocenters. The first-order chi connectivity index (χ1) is 15.5. The third-order valence-electron chi connectivity index (χ3n) is 5.51. The van der Waals surface area contributed by atoms with Gasteiger partial charge in [0.25, 0.3) is 10.0 Å². The maximum atomic E-state index is 14.7. The second-order valence-electron chi connectivity index (χ2n) is 7.67. The minimum Gasteiger partial charge on any atom is -0.493 e. The van der Waals surface area contributed by atoms with E-state index in [1.165, 1.54) is 24.8 Å². The molecule has 32 heavy (non-hydrogen) atoms. The van der Waals surface area contributed by atoms with Gasteiger partial charge in [-0.2, -0.15) is 0 Å². The number of thiazole rings is 1. The third-order valence-corrected chi connectivity index (χ3v) is 7.69. The fourth-order valence-corrected chi connectivity index (χ4v) is 5.88. The standard InChI is InChI=1S/C17H20FN3O3S2.C6H6.H2/c18-13-10-12-14(21-6-2-1-3-7-21)4-8-24-15(12)11-16(13)26(22,23)20-17-19-5-9-25-17;1-2-4-6-5-3-1;/h5,9-11,14H,1-4,6-8H2,(H,19,20);1-6H;1H/t14-;;/m1../s1. The lowest BCUT2D eigenvalue weighted by atomic mass is 9.96. The number of hydrogen-bond acceptors (Lipinski definition) is 6. The summed E-state index contributed by atoms with van der Waals surface area (Å²) in [6.45, 7) is 2.47. The zero-order chi connectivity index (χ0) is 22.4. The molecule has 5 rings (SSSR count). The van der Waals surface area contributed by atoms with E-state index >= 15 is 0 Å². The maximum Gasteiger partial charge on any atom is 0.266 e. The van der Waals surface area contributed by atoms with Gasteiger partial charge in [-0.05, 0) is 32.0 Å². The molecule has 0 radical (unpaired) electrons. The molecular formula is C23H28FN3O3S2. The van der Waals surface area contributed by atoms with E-state index in [0.717, 1.165) is 49.3 Å². The van der Waals surface area contributed by atoms with Crippen LogP contribution in [0.1, 0.15) is 38.7 Å². The van der Waals surface area contributed by atoms with Gasteiger partial charge in [0.2, 0.25) is 0 Å². The maximum absolute atomic E-state index is 14.7. The summed E-state index contributed by atoms with van der Waals surface area (Å²) in [6, 6.07) is 14.7. The normalized spacial score (nSPS) is 18.6. The lowest BCUT2D eigenvalue weighted by Gasteiger charge is -2.38. The van der Waals surface area contributed by atoms with Crippen LogP contribution in [0.15, 0.2) is 65.0 Å². The van der Waals surface area contributed by atoms with Crippen LogP contribution in [0.3, 0.4) is 0 Å². The van der Waals surface area contributed by atoms with Gasteiger partial charge in [-0.1, -0.05) is 42.8 Å². The van der Waals surface area contributed by atoms with Crippen molar-refractivity contribution in [1.82, 2.24) is 9.88 Å². The Morgan fingerprint density at radius 2 is 1.78 bits per heavy atom. The highest BCUT2D eigenvalue weighted by atomic mass is 32.2. The number of benzene rings is 2.